The fourth-order valence-electron chi connectivity index (χ4n) is 1.83. The maximum absolute atomic E-state index is 12.4. The predicted molar refractivity (Wildman–Crippen MR) is 76.8 cm³/mol. The molecule has 6 heteroatoms. The summed E-state index contributed by atoms with van der Waals surface area (Å²) in [5, 5.41) is 9.50. The average molecular weight is 306 g/mol. The molecule has 0 amide bonds. The van der Waals surface area contributed by atoms with Gasteiger partial charge in [-0.15, -0.1) is 0 Å². The Hall–Kier alpha value is -0.620. The SMILES string of the molecule is CC[C@H](C)[C@@H](CO)NS(=O)(=O)c1c(C)cccc1Cl. The molecule has 2 N–H and O–H groups in total. The lowest BCUT2D eigenvalue weighted by Crippen LogP contribution is -2.42. The molecule has 2 atom stereocenters. The number of hydrogen-bond acceptors (Lipinski definition) is 3. The minimum atomic E-state index is -3.73. The predicted octanol–water partition coefficient (Wildman–Crippen LogP) is 2.33. The molecule has 1 rings (SSSR count). The van der Waals surface area contributed by atoms with Crippen LogP contribution in [0.3, 0.4) is 0 Å². The molecule has 0 aliphatic heterocycles. The maximum atomic E-state index is 12.4. The fourth-order valence-corrected chi connectivity index (χ4v) is 4.00. The van der Waals surface area contributed by atoms with E-state index in [0.717, 1.165) is 6.42 Å². The van der Waals surface area contributed by atoms with E-state index in [1.54, 1.807) is 25.1 Å². The highest BCUT2D eigenvalue weighted by Gasteiger charge is 2.26. The number of aliphatic hydroxyl groups is 1. The number of sulfonamides is 1. The standard InChI is InChI=1S/C13H20ClNO3S/c1-4-9(2)12(8-16)15-19(17,18)13-10(3)6-5-7-11(13)14/h5-7,9,12,15-16H,4,8H2,1-3H3/t9-,12+/m0/s1. The van der Waals surface area contributed by atoms with E-state index < -0.39 is 16.1 Å². The minimum Gasteiger partial charge on any atom is -0.395 e. The third-order valence-electron chi connectivity index (χ3n) is 3.27. The Morgan fingerprint density at radius 3 is 2.53 bits per heavy atom. The second-order valence-corrected chi connectivity index (χ2v) is 6.74. The summed E-state index contributed by atoms with van der Waals surface area (Å²) in [5.74, 6) is 0.0440. The Morgan fingerprint density at radius 2 is 2.05 bits per heavy atom. The molecule has 0 heterocycles. The van der Waals surface area contributed by atoms with Gasteiger partial charge < -0.3 is 5.11 Å². The summed E-state index contributed by atoms with van der Waals surface area (Å²) < 4.78 is 27.2. The van der Waals surface area contributed by atoms with E-state index in [1.165, 1.54) is 0 Å². The van der Waals surface area contributed by atoms with Crippen LogP contribution >= 0.6 is 11.6 Å². The second-order valence-electron chi connectivity index (χ2n) is 4.68. The van der Waals surface area contributed by atoms with E-state index >= 15 is 0 Å². The molecular weight excluding hydrogens is 286 g/mol. The summed E-state index contributed by atoms with van der Waals surface area (Å²) in [6.07, 6.45) is 0.773. The molecule has 0 bridgehead atoms. The number of benzene rings is 1. The van der Waals surface area contributed by atoms with Crippen LogP contribution in [-0.4, -0.2) is 26.2 Å². The third kappa shape index (κ3) is 3.92. The van der Waals surface area contributed by atoms with Crippen molar-refractivity contribution in [3.05, 3.63) is 28.8 Å². The Labute approximate surface area is 119 Å². The fraction of sp³-hybridized carbons (Fsp3) is 0.538. The van der Waals surface area contributed by atoms with Gasteiger partial charge in [-0.2, -0.15) is 0 Å². The monoisotopic (exact) mass is 305 g/mol. The molecule has 1 aromatic carbocycles. The van der Waals surface area contributed by atoms with Crippen molar-refractivity contribution in [2.75, 3.05) is 6.61 Å². The average Bonchev–Trinajstić information content (AvgIpc) is 2.34. The van der Waals surface area contributed by atoms with Crippen molar-refractivity contribution < 1.29 is 13.5 Å². The zero-order valence-corrected chi connectivity index (χ0v) is 12.9. The van der Waals surface area contributed by atoms with Crippen molar-refractivity contribution in [1.29, 1.82) is 0 Å². The van der Waals surface area contributed by atoms with Crippen molar-refractivity contribution in [2.24, 2.45) is 5.92 Å². The lowest BCUT2D eigenvalue weighted by molar-refractivity contribution is 0.219. The maximum Gasteiger partial charge on any atom is 0.242 e. The number of rotatable bonds is 6. The number of aryl methyl sites for hydroxylation is 1. The molecular formula is C13H20ClNO3S. The van der Waals surface area contributed by atoms with Crippen molar-refractivity contribution in [3.8, 4) is 0 Å². The van der Waals surface area contributed by atoms with Gasteiger partial charge in [0.05, 0.1) is 11.6 Å². The highest BCUT2D eigenvalue weighted by atomic mass is 35.5. The first kappa shape index (κ1) is 16.4. The molecule has 0 unspecified atom stereocenters. The second kappa shape index (κ2) is 6.70. The Kier molecular flexibility index (Phi) is 5.80. The van der Waals surface area contributed by atoms with Crippen LogP contribution in [0.4, 0.5) is 0 Å². The normalized spacial score (nSPS) is 15.2. The van der Waals surface area contributed by atoms with Crippen LogP contribution < -0.4 is 4.72 Å². The molecule has 0 aliphatic carbocycles. The van der Waals surface area contributed by atoms with Gasteiger partial charge in [-0.05, 0) is 24.5 Å². The van der Waals surface area contributed by atoms with Crippen LogP contribution in [0.5, 0.6) is 0 Å². The van der Waals surface area contributed by atoms with Gasteiger partial charge in [0.25, 0.3) is 0 Å². The van der Waals surface area contributed by atoms with Crippen LogP contribution in [0, 0.1) is 12.8 Å². The first-order valence-corrected chi connectivity index (χ1v) is 8.07. The summed E-state index contributed by atoms with van der Waals surface area (Å²) in [4.78, 5) is 0.0819. The van der Waals surface area contributed by atoms with Crippen LogP contribution in [-0.2, 0) is 10.0 Å². The highest BCUT2D eigenvalue weighted by molar-refractivity contribution is 7.89. The molecule has 0 fully saturated rings. The summed E-state index contributed by atoms with van der Waals surface area (Å²) in [7, 11) is -3.73. The molecule has 0 aliphatic rings. The van der Waals surface area contributed by atoms with Gasteiger partial charge in [0.15, 0.2) is 0 Å². The van der Waals surface area contributed by atoms with Gasteiger partial charge >= 0.3 is 0 Å². The molecule has 0 radical (unpaired) electrons. The zero-order chi connectivity index (χ0) is 14.6. The number of hydrogen-bond donors (Lipinski definition) is 2. The van der Waals surface area contributed by atoms with Crippen LogP contribution in [0.25, 0.3) is 0 Å². The molecule has 0 aromatic heterocycles. The highest BCUT2D eigenvalue weighted by Crippen LogP contribution is 2.25. The quantitative estimate of drug-likeness (QED) is 0.847. The lowest BCUT2D eigenvalue weighted by atomic mass is 10.0. The molecule has 4 nitrogen and oxygen atoms in total. The molecule has 0 saturated carbocycles. The van der Waals surface area contributed by atoms with E-state index in [-0.39, 0.29) is 22.4 Å². The van der Waals surface area contributed by atoms with E-state index in [0.29, 0.717) is 5.56 Å². The smallest absolute Gasteiger partial charge is 0.242 e. The van der Waals surface area contributed by atoms with Crippen LogP contribution in [0.2, 0.25) is 5.02 Å². The Balaban J connectivity index is 3.11. The van der Waals surface area contributed by atoms with Gasteiger partial charge in [0.2, 0.25) is 10.0 Å². The van der Waals surface area contributed by atoms with Gasteiger partial charge in [0.1, 0.15) is 4.90 Å². The summed E-state index contributed by atoms with van der Waals surface area (Å²) in [5.41, 5.74) is 0.584. The topological polar surface area (TPSA) is 66.4 Å². The molecule has 0 spiro atoms. The largest absolute Gasteiger partial charge is 0.395 e. The van der Waals surface area contributed by atoms with Gasteiger partial charge in [-0.25, -0.2) is 13.1 Å². The van der Waals surface area contributed by atoms with Gasteiger partial charge in [-0.1, -0.05) is 44.0 Å². The zero-order valence-electron chi connectivity index (χ0n) is 11.4. The Bertz CT molecular complexity index is 510. The lowest BCUT2D eigenvalue weighted by Gasteiger charge is -2.22. The van der Waals surface area contributed by atoms with E-state index in [9.17, 15) is 13.5 Å². The minimum absolute atomic E-state index is 0.0440. The number of halogens is 1. The molecule has 0 saturated heterocycles. The Morgan fingerprint density at radius 1 is 1.42 bits per heavy atom. The summed E-state index contributed by atoms with van der Waals surface area (Å²) in [6.45, 7) is 5.29. The van der Waals surface area contributed by atoms with Crippen LogP contribution in [0.15, 0.2) is 23.1 Å². The van der Waals surface area contributed by atoms with Gasteiger partial charge in [-0.3, -0.25) is 0 Å². The first-order valence-electron chi connectivity index (χ1n) is 6.21. The summed E-state index contributed by atoms with van der Waals surface area (Å²) in [6, 6.07) is 4.43. The number of nitrogens with one attached hydrogen (secondary N) is 1. The summed E-state index contributed by atoms with van der Waals surface area (Å²) >= 11 is 5.97. The third-order valence-corrected chi connectivity index (χ3v) is 5.39. The van der Waals surface area contributed by atoms with Crippen LogP contribution in [0.1, 0.15) is 25.8 Å². The van der Waals surface area contributed by atoms with E-state index in [2.05, 4.69) is 4.72 Å². The van der Waals surface area contributed by atoms with Crippen molar-refractivity contribution >= 4 is 21.6 Å². The molecule has 19 heavy (non-hydrogen) atoms. The molecule has 108 valence electrons. The van der Waals surface area contributed by atoms with Crippen molar-refractivity contribution in [1.82, 2.24) is 4.72 Å². The van der Waals surface area contributed by atoms with Gasteiger partial charge in [0, 0.05) is 6.04 Å². The van der Waals surface area contributed by atoms with E-state index in [1.807, 2.05) is 13.8 Å². The molecule has 1 aromatic rings. The van der Waals surface area contributed by atoms with Crippen molar-refractivity contribution in [3.63, 3.8) is 0 Å². The van der Waals surface area contributed by atoms with Crippen molar-refractivity contribution in [2.45, 2.75) is 38.1 Å². The van der Waals surface area contributed by atoms with E-state index in [4.69, 9.17) is 11.6 Å². The number of aliphatic hydroxyl groups excluding tert-OH is 1. The first-order chi connectivity index (χ1) is 8.83.